The summed E-state index contributed by atoms with van der Waals surface area (Å²) < 4.78 is 18.6. The highest BCUT2D eigenvalue weighted by Gasteiger charge is 2.05. The number of aryl methyl sites for hydroxylation is 1. The molecular weight excluding hydrogens is 255 g/mol. The zero-order chi connectivity index (χ0) is 13.1. The molecule has 2 nitrogen and oxygen atoms in total. The molecule has 4 heteroatoms. The van der Waals surface area contributed by atoms with Crippen LogP contribution < -0.4 is 4.74 Å². The van der Waals surface area contributed by atoms with E-state index in [-0.39, 0.29) is 11.6 Å². The number of ether oxygens (including phenoxy) is 1. The summed E-state index contributed by atoms with van der Waals surface area (Å²) in [6.45, 7) is 1.86. The summed E-state index contributed by atoms with van der Waals surface area (Å²) in [7, 11) is 0. The highest BCUT2D eigenvalue weighted by Crippen LogP contribution is 2.28. The number of halogens is 2. The fraction of sp³-hybridized carbons (Fsp3) is 0.143. The minimum absolute atomic E-state index is 0.0104. The summed E-state index contributed by atoms with van der Waals surface area (Å²) in [5, 5.41) is 9.03. The molecule has 0 radical (unpaired) electrons. The number of hydrogen-bond donors (Lipinski definition) is 1. The zero-order valence-electron chi connectivity index (χ0n) is 9.78. The van der Waals surface area contributed by atoms with Gasteiger partial charge in [-0.3, -0.25) is 0 Å². The van der Waals surface area contributed by atoms with Crippen LogP contribution in [0, 0.1) is 12.7 Å². The number of benzene rings is 2. The maximum Gasteiger partial charge on any atom is 0.142 e. The highest BCUT2D eigenvalue weighted by atomic mass is 35.5. The van der Waals surface area contributed by atoms with Crippen LogP contribution in [0.4, 0.5) is 4.39 Å². The molecule has 2 rings (SSSR count). The standard InChI is InChI=1S/C14H12ClFO2/c1-9-6-10(8-17)2-5-14(9)18-11-3-4-13(16)12(15)7-11/h2-7,17H,8H2,1H3. The topological polar surface area (TPSA) is 29.5 Å². The van der Waals surface area contributed by atoms with E-state index in [2.05, 4.69) is 0 Å². The Bertz CT molecular complexity index is 570. The second kappa shape index (κ2) is 5.38. The monoisotopic (exact) mass is 266 g/mol. The van der Waals surface area contributed by atoms with E-state index in [9.17, 15) is 4.39 Å². The van der Waals surface area contributed by atoms with E-state index < -0.39 is 5.82 Å². The van der Waals surface area contributed by atoms with E-state index in [1.807, 2.05) is 13.0 Å². The molecule has 0 fully saturated rings. The summed E-state index contributed by atoms with van der Waals surface area (Å²) in [6, 6.07) is 9.57. The minimum Gasteiger partial charge on any atom is -0.457 e. The average molecular weight is 267 g/mol. The van der Waals surface area contributed by atoms with E-state index in [1.54, 1.807) is 12.1 Å². The van der Waals surface area contributed by atoms with Crippen LogP contribution >= 0.6 is 11.6 Å². The molecule has 94 valence electrons. The van der Waals surface area contributed by atoms with Crippen molar-refractivity contribution in [2.75, 3.05) is 0 Å². The average Bonchev–Trinajstić information content (AvgIpc) is 2.36. The second-order valence-corrected chi connectivity index (χ2v) is 4.34. The summed E-state index contributed by atoms with van der Waals surface area (Å²) in [5.74, 6) is 0.646. The Morgan fingerprint density at radius 2 is 2.00 bits per heavy atom. The van der Waals surface area contributed by atoms with Crippen molar-refractivity contribution in [1.29, 1.82) is 0 Å². The summed E-state index contributed by atoms with van der Waals surface area (Å²) >= 11 is 5.68. The molecule has 2 aromatic carbocycles. The summed E-state index contributed by atoms with van der Waals surface area (Å²) in [5.41, 5.74) is 1.71. The van der Waals surface area contributed by atoms with Gasteiger partial charge in [-0.05, 0) is 36.2 Å². The largest absolute Gasteiger partial charge is 0.457 e. The quantitative estimate of drug-likeness (QED) is 0.907. The normalized spacial score (nSPS) is 10.4. The van der Waals surface area contributed by atoms with E-state index >= 15 is 0 Å². The van der Waals surface area contributed by atoms with Crippen LogP contribution in [0.2, 0.25) is 5.02 Å². The van der Waals surface area contributed by atoms with E-state index in [1.165, 1.54) is 18.2 Å². The molecule has 0 atom stereocenters. The molecule has 0 saturated heterocycles. The van der Waals surface area contributed by atoms with E-state index in [4.69, 9.17) is 21.4 Å². The number of hydrogen-bond acceptors (Lipinski definition) is 2. The summed E-state index contributed by atoms with van der Waals surface area (Å²) in [4.78, 5) is 0. The van der Waals surface area contributed by atoms with Crippen molar-refractivity contribution < 1.29 is 14.2 Å². The van der Waals surface area contributed by atoms with Crippen LogP contribution in [0.25, 0.3) is 0 Å². The molecule has 0 aliphatic heterocycles. The molecule has 0 bridgehead atoms. The molecule has 0 aliphatic carbocycles. The zero-order valence-corrected chi connectivity index (χ0v) is 10.5. The van der Waals surface area contributed by atoms with Gasteiger partial charge in [-0.2, -0.15) is 0 Å². The van der Waals surface area contributed by atoms with Crippen molar-refractivity contribution in [2.45, 2.75) is 13.5 Å². The van der Waals surface area contributed by atoms with Crippen molar-refractivity contribution in [3.8, 4) is 11.5 Å². The van der Waals surface area contributed by atoms with Gasteiger partial charge in [-0.15, -0.1) is 0 Å². The van der Waals surface area contributed by atoms with Crippen LogP contribution in [0.5, 0.6) is 11.5 Å². The van der Waals surface area contributed by atoms with Gasteiger partial charge in [0.2, 0.25) is 0 Å². The molecule has 0 amide bonds. The van der Waals surface area contributed by atoms with Gasteiger partial charge in [0.25, 0.3) is 0 Å². The van der Waals surface area contributed by atoms with Gasteiger partial charge < -0.3 is 9.84 Å². The molecule has 2 aromatic rings. The molecule has 0 aromatic heterocycles. The fourth-order valence-corrected chi connectivity index (χ4v) is 1.76. The molecular formula is C14H12ClFO2. The smallest absolute Gasteiger partial charge is 0.142 e. The lowest BCUT2D eigenvalue weighted by atomic mass is 10.1. The van der Waals surface area contributed by atoms with Crippen LogP contribution in [-0.4, -0.2) is 5.11 Å². The van der Waals surface area contributed by atoms with E-state index in [0.29, 0.717) is 11.5 Å². The van der Waals surface area contributed by atoms with Gasteiger partial charge in [0, 0.05) is 6.07 Å². The van der Waals surface area contributed by atoms with E-state index in [0.717, 1.165) is 11.1 Å². The first-order valence-electron chi connectivity index (χ1n) is 5.43. The predicted molar refractivity (Wildman–Crippen MR) is 68.6 cm³/mol. The Hall–Kier alpha value is -1.58. The first-order chi connectivity index (χ1) is 8.60. The Morgan fingerprint density at radius 3 is 2.61 bits per heavy atom. The number of aliphatic hydroxyl groups excluding tert-OH is 1. The third kappa shape index (κ3) is 2.81. The Morgan fingerprint density at radius 1 is 1.22 bits per heavy atom. The predicted octanol–water partition coefficient (Wildman–Crippen LogP) is 4.07. The van der Waals surface area contributed by atoms with Crippen LogP contribution in [-0.2, 0) is 6.61 Å². The van der Waals surface area contributed by atoms with Gasteiger partial charge >= 0.3 is 0 Å². The molecule has 0 saturated carbocycles. The fourth-order valence-electron chi connectivity index (χ4n) is 1.59. The van der Waals surface area contributed by atoms with Crippen LogP contribution in [0.3, 0.4) is 0 Å². The third-order valence-electron chi connectivity index (χ3n) is 2.54. The summed E-state index contributed by atoms with van der Waals surface area (Å²) in [6.07, 6.45) is 0. The SMILES string of the molecule is Cc1cc(CO)ccc1Oc1ccc(F)c(Cl)c1. The highest BCUT2D eigenvalue weighted by molar-refractivity contribution is 6.30. The first kappa shape index (κ1) is 12.9. The van der Waals surface area contributed by atoms with Gasteiger partial charge in [0.1, 0.15) is 17.3 Å². The number of aliphatic hydroxyl groups is 1. The van der Waals surface area contributed by atoms with Crippen molar-refractivity contribution in [1.82, 2.24) is 0 Å². The van der Waals surface area contributed by atoms with Gasteiger partial charge in [0.05, 0.1) is 11.6 Å². The maximum atomic E-state index is 13.0. The van der Waals surface area contributed by atoms with Crippen LogP contribution in [0.1, 0.15) is 11.1 Å². The van der Waals surface area contributed by atoms with Gasteiger partial charge in [0.15, 0.2) is 0 Å². The Labute approximate surface area is 110 Å². The Kier molecular flexibility index (Phi) is 3.84. The molecule has 0 spiro atoms. The lowest BCUT2D eigenvalue weighted by Crippen LogP contribution is -1.91. The van der Waals surface area contributed by atoms with Gasteiger partial charge in [-0.25, -0.2) is 4.39 Å². The van der Waals surface area contributed by atoms with Crippen LogP contribution in [0.15, 0.2) is 36.4 Å². The Balaban J connectivity index is 2.25. The van der Waals surface area contributed by atoms with Gasteiger partial charge in [-0.1, -0.05) is 23.7 Å². The maximum absolute atomic E-state index is 13.0. The van der Waals surface area contributed by atoms with Crippen molar-refractivity contribution >= 4 is 11.6 Å². The first-order valence-corrected chi connectivity index (χ1v) is 5.81. The molecule has 0 heterocycles. The molecule has 18 heavy (non-hydrogen) atoms. The molecule has 1 N–H and O–H groups in total. The minimum atomic E-state index is -0.476. The molecule has 0 unspecified atom stereocenters. The lowest BCUT2D eigenvalue weighted by molar-refractivity contribution is 0.281. The molecule has 0 aliphatic rings. The van der Waals surface area contributed by atoms with Crippen molar-refractivity contribution in [3.63, 3.8) is 0 Å². The third-order valence-corrected chi connectivity index (χ3v) is 2.83. The number of rotatable bonds is 3. The lowest BCUT2D eigenvalue weighted by Gasteiger charge is -2.10. The van der Waals surface area contributed by atoms with Crippen molar-refractivity contribution in [3.05, 3.63) is 58.4 Å². The second-order valence-electron chi connectivity index (χ2n) is 3.94. The van der Waals surface area contributed by atoms with Crippen molar-refractivity contribution in [2.24, 2.45) is 0 Å².